The molecule has 0 atom stereocenters. The fourth-order valence-electron chi connectivity index (χ4n) is 4.38. The van der Waals surface area contributed by atoms with Gasteiger partial charge in [-0.3, -0.25) is 19.3 Å². The van der Waals surface area contributed by atoms with Crippen LogP contribution in [0.15, 0.2) is 109 Å². The molecular formula is C34H32F3N5O5. The van der Waals surface area contributed by atoms with Crippen LogP contribution in [-0.4, -0.2) is 57.5 Å². The lowest BCUT2D eigenvalue weighted by molar-refractivity contribution is -0.137. The van der Waals surface area contributed by atoms with Gasteiger partial charge in [0.05, 0.1) is 17.8 Å². The summed E-state index contributed by atoms with van der Waals surface area (Å²) in [6.45, 7) is -1.49. The molecule has 0 heterocycles. The van der Waals surface area contributed by atoms with Gasteiger partial charge < -0.3 is 25.2 Å². The molecule has 0 aliphatic heterocycles. The monoisotopic (exact) mass is 647 g/mol. The predicted octanol–water partition coefficient (Wildman–Crippen LogP) is 5.56. The van der Waals surface area contributed by atoms with Crippen molar-refractivity contribution in [2.75, 3.05) is 53.8 Å². The minimum Gasteiger partial charge on any atom is -0.482 e. The lowest BCUT2D eigenvalue weighted by Crippen LogP contribution is -2.46. The molecule has 0 aliphatic rings. The van der Waals surface area contributed by atoms with Gasteiger partial charge in [0.25, 0.3) is 5.91 Å². The highest BCUT2D eigenvalue weighted by molar-refractivity contribution is 6.06. The van der Waals surface area contributed by atoms with Crippen LogP contribution >= 0.6 is 0 Å². The van der Waals surface area contributed by atoms with Gasteiger partial charge in [-0.2, -0.15) is 13.2 Å². The van der Waals surface area contributed by atoms with Crippen LogP contribution in [0.25, 0.3) is 0 Å². The lowest BCUT2D eigenvalue weighted by atomic mass is 10.2. The fourth-order valence-corrected chi connectivity index (χ4v) is 4.38. The maximum atomic E-state index is 13.6. The van der Waals surface area contributed by atoms with Crippen LogP contribution < -0.4 is 30.1 Å². The van der Waals surface area contributed by atoms with E-state index in [2.05, 4.69) is 10.6 Å². The second-order valence-corrected chi connectivity index (χ2v) is 10.2. The first-order chi connectivity index (χ1) is 22.4. The third-order valence-corrected chi connectivity index (χ3v) is 6.98. The van der Waals surface area contributed by atoms with E-state index < -0.39 is 42.7 Å². The lowest BCUT2D eigenvalue weighted by Gasteiger charge is -2.27. The van der Waals surface area contributed by atoms with Gasteiger partial charge in [-0.15, -0.1) is 0 Å². The molecular weight excluding hydrogens is 615 g/mol. The Morgan fingerprint density at radius 2 is 1.28 bits per heavy atom. The van der Waals surface area contributed by atoms with Crippen molar-refractivity contribution in [3.05, 3.63) is 115 Å². The van der Waals surface area contributed by atoms with Crippen LogP contribution in [0.5, 0.6) is 5.75 Å². The molecule has 244 valence electrons. The average molecular weight is 648 g/mol. The Balaban J connectivity index is 1.52. The Bertz CT molecular complexity index is 1700. The van der Waals surface area contributed by atoms with Crippen LogP contribution in [-0.2, 0) is 20.6 Å². The van der Waals surface area contributed by atoms with Crippen molar-refractivity contribution >= 4 is 46.5 Å². The van der Waals surface area contributed by atoms with Crippen LogP contribution in [0.3, 0.4) is 0 Å². The highest BCUT2D eigenvalue weighted by Gasteiger charge is 2.30. The van der Waals surface area contributed by atoms with Gasteiger partial charge in [0.2, 0.25) is 11.8 Å². The number of rotatable bonds is 11. The van der Waals surface area contributed by atoms with Gasteiger partial charge in [0.15, 0.2) is 6.61 Å². The maximum absolute atomic E-state index is 13.6. The van der Waals surface area contributed by atoms with Gasteiger partial charge in [-0.1, -0.05) is 54.6 Å². The molecule has 10 nitrogen and oxygen atoms in total. The van der Waals surface area contributed by atoms with E-state index in [0.717, 1.165) is 23.1 Å². The van der Waals surface area contributed by atoms with Crippen molar-refractivity contribution < 1.29 is 37.1 Å². The first-order valence-corrected chi connectivity index (χ1v) is 14.3. The van der Waals surface area contributed by atoms with Crippen molar-refractivity contribution in [3.63, 3.8) is 0 Å². The molecule has 0 radical (unpaired) electrons. The van der Waals surface area contributed by atoms with Crippen LogP contribution in [0.2, 0.25) is 0 Å². The molecule has 4 rings (SSSR count). The Morgan fingerprint density at radius 3 is 1.89 bits per heavy atom. The third-order valence-electron chi connectivity index (χ3n) is 6.98. The molecule has 0 spiro atoms. The number of carbonyl (C=O) groups excluding carboxylic acids is 4. The first-order valence-electron chi connectivity index (χ1n) is 14.3. The normalized spacial score (nSPS) is 10.8. The van der Waals surface area contributed by atoms with Crippen LogP contribution in [0, 0.1) is 0 Å². The summed E-state index contributed by atoms with van der Waals surface area (Å²) in [6, 6.07) is 27.0. The molecule has 0 aromatic heterocycles. The molecule has 13 heteroatoms. The number of nitrogens with zero attached hydrogens (tertiary/aromatic N) is 3. The number of urea groups is 1. The summed E-state index contributed by atoms with van der Waals surface area (Å²) >= 11 is 0. The van der Waals surface area contributed by atoms with Crippen molar-refractivity contribution in [2.45, 2.75) is 6.18 Å². The molecule has 0 saturated heterocycles. The SMILES string of the molecule is CN(C(=O)COc1ccccc1N(CC(=O)N(C)c1ccccc1)C(=O)CNC(=O)Nc1cccc(C(F)(F)F)c1)c1ccccc1. The molecule has 0 aliphatic carbocycles. The van der Waals surface area contributed by atoms with E-state index in [1.165, 1.54) is 28.0 Å². The Morgan fingerprint density at radius 1 is 0.702 bits per heavy atom. The molecule has 0 unspecified atom stereocenters. The van der Waals surface area contributed by atoms with Crippen molar-refractivity contribution in [1.82, 2.24) is 5.32 Å². The average Bonchev–Trinajstić information content (AvgIpc) is 3.08. The van der Waals surface area contributed by atoms with Gasteiger partial charge in [0, 0.05) is 31.2 Å². The van der Waals surface area contributed by atoms with E-state index in [1.54, 1.807) is 80.8 Å². The number of para-hydroxylation sites is 4. The zero-order valence-electron chi connectivity index (χ0n) is 25.5. The zero-order chi connectivity index (χ0) is 34.0. The number of hydrogen-bond acceptors (Lipinski definition) is 5. The Labute approximate surface area is 269 Å². The van der Waals surface area contributed by atoms with Crippen molar-refractivity contribution in [3.8, 4) is 5.75 Å². The number of amides is 5. The summed E-state index contributed by atoms with van der Waals surface area (Å²) in [7, 11) is 3.14. The van der Waals surface area contributed by atoms with Gasteiger partial charge in [-0.05, 0) is 54.6 Å². The summed E-state index contributed by atoms with van der Waals surface area (Å²) in [4.78, 5) is 56.3. The van der Waals surface area contributed by atoms with Crippen molar-refractivity contribution in [2.24, 2.45) is 0 Å². The standard InChI is InChI=1S/C34H32F3N5O5/c1-40(26-14-5-3-6-15-26)31(44)22-42(30(43)21-38-33(46)39-25-13-11-12-24(20-25)34(35,36)37)28-18-9-10-19-29(28)47-23-32(45)41(2)27-16-7-4-8-17-27/h3-20H,21-23H2,1-2H3,(H2,38,39,46). The zero-order valence-corrected chi connectivity index (χ0v) is 25.5. The number of ether oxygens (including phenoxy) is 1. The quantitative estimate of drug-likeness (QED) is 0.221. The van der Waals surface area contributed by atoms with Gasteiger partial charge in [-0.25, -0.2) is 4.79 Å². The van der Waals surface area contributed by atoms with E-state index in [1.807, 2.05) is 6.07 Å². The number of benzene rings is 4. The molecule has 2 N–H and O–H groups in total. The van der Waals surface area contributed by atoms with Crippen molar-refractivity contribution in [1.29, 1.82) is 0 Å². The second kappa shape index (κ2) is 15.4. The van der Waals surface area contributed by atoms with Crippen LogP contribution in [0.1, 0.15) is 5.56 Å². The van der Waals surface area contributed by atoms with Crippen LogP contribution in [0.4, 0.5) is 40.7 Å². The smallest absolute Gasteiger partial charge is 0.416 e. The first kappa shape index (κ1) is 34.0. The maximum Gasteiger partial charge on any atom is 0.416 e. The predicted molar refractivity (Wildman–Crippen MR) is 172 cm³/mol. The second-order valence-electron chi connectivity index (χ2n) is 10.2. The highest BCUT2D eigenvalue weighted by Crippen LogP contribution is 2.31. The molecule has 47 heavy (non-hydrogen) atoms. The van der Waals surface area contributed by atoms with E-state index in [-0.39, 0.29) is 29.6 Å². The highest BCUT2D eigenvalue weighted by atomic mass is 19.4. The molecule has 0 fully saturated rings. The van der Waals surface area contributed by atoms with Gasteiger partial charge in [0.1, 0.15) is 12.3 Å². The van der Waals surface area contributed by atoms with Gasteiger partial charge >= 0.3 is 12.2 Å². The third kappa shape index (κ3) is 9.33. The fraction of sp³-hybridized carbons (Fsp3) is 0.176. The number of anilines is 4. The Hall–Kier alpha value is -5.85. The summed E-state index contributed by atoms with van der Waals surface area (Å²) in [5, 5.41) is 4.60. The van der Waals surface area contributed by atoms with E-state index in [9.17, 15) is 32.3 Å². The minimum absolute atomic E-state index is 0.124. The number of halogens is 3. The molecule has 5 amide bonds. The molecule has 4 aromatic carbocycles. The number of nitrogens with one attached hydrogen (secondary N) is 2. The molecule has 4 aromatic rings. The summed E-state index contributed by atoms with van der Waals surface area (Å²) in [6.07, 6.45) is -4.61. The molecule has 0 bridgehead atoms. The number of carbonyl (C=O) groups is 4. The summed E-state index contributed by atoms with van der Waals surface area (Å²) in [5.74, 6) is -1.47. The van der Waals surface area contributed by atoms with E-state index >= 15 is 0 Å². The minimum atomic E-state index is -4.61. The van der Waals surface area contributed by atoms with E-state index in [4.69, 9.17) is 4.74 Å². The Kier molecular flexibility index (Phi) is 11.2. The number of alkyl halides is 3. The molecule has 0 saturated carbocycles. The summed E-state index contributed by atoms with van der Waals surface area (Å²) in [5.41, 5.74) is 0.286. The summed E-state index contributed by atoms with van der Waals surface area (Å²) < 4.78 is 45.1. The van der Waals surface area contributed by atoms with E-state index in [0.29, 0.717) is 11.4 Å². The number of hydrogen-bond donors (Lipinski definition) is 2. The number of likely N-dealkylation sites (N-methyl/N-ethyl adjacent to an activating group) is 2. The topological polar surface area (TPSA) is 111 Å². The largest absolute Gasteiger partial charge is 0.482 e.